The van der Waals surface area contributed by atoms with Crippen molar-refractivity contribution in [2.45, 2.75) is 69.6 Å². The number of ether oxygens (including phenoxy) is 1. The molecular weight excluding hydrogens is 414 g/mol. The van der Waals surface area contributed by atoms with Crippen LogP contribution < -0.4 is 0 Å². The van der Waals surface area contributed by atoms with Crippen LogP contribution in [-0.2, 0) is 25.1 Å². The number of fused-ring (bicyclic) bond motifs is 3. The van der Waals surface area contributed by atoms with Crippen molar-refractivity contribution in [3.05, 3.63) is 35.9 Å². The third-order valence-electron chi connectivity index (χ3n) is 6.56. The lowest BCUT2D eigenvalue weighted by Crippen LogP contribution is -2.30. The van der Waals surface area contributed by atoms with Crippen molar-refractivity contribution in [2.75, 3.05) is 13.7 Å². The molecule has 0 saturated heterocycles. The summed E-state index contributed by atoms with van der Waals surface area (Å²) in [6.45, 7) is 7.41. The molecule has 6 nitrogen and oxygen atoms in total. The van der Waals surface area contributed by atoms with Crippen LogP contribution in [0.25, 0.3) is 10.8 Å². The van der Waals surface area contributed by atoms with Gasteiger partial charge in [-0.15, -0.1) is 0 Å². The summed E-state index contributed by atoms with van der Waals surface area (Å²) >= 11 is 0. The second-order valence-corrected chi connectivity index (χ2v) is 9.88. The summed E-state index contributed by atoms with van der Waals surface area (Å²) in [5, 5.41) is 1.41. The van der Waals surface area contributed by atoms with Gasteiger partial charge >= 0.3 is 5.97 Å². The van der Waals surface area contributed by atoms with Crippen molar-refractivity contribution in [1.29, 1.82) is 0 Å². The van der Waals surface area contributed by atoms with Crippen LogP contribution >= 0.6 is 0 Å². The van der Waals surface area contributed by atoms with E-state index >= 15 is 0 Å². The fourth-order valence-corrected chi connectivity index (χ4v) is 5.56. The SMILES string of the molecule is CCC[N+]1=C(C)C(C)(CCCCCC(=O)OC)c2c1ccc1c(S(=O)(=O)O)cccc21. The van der Waals surface area contributed by atoms with Crippen LogP contribution in [0.5, 0.6) is 0 Å². The molecule has 2 aromatic carbocycles. The zero-order valence-electron chi connectivity index (χ0n) is 18.8. The molecule has 7 heteroatoms. The molecule has 1 N–H and O–H groups in total. The van der Waals surface area contributed by atoms with Crippen LogP contribution in [-0.4, -0.2) is 42.9 Å². The minimum Gasteiger partial charge on any atom is -0.469 e. The minimum atomic E-state index is -4.32. The Bertz CT molecular complexity index is 1140. The lowest BCUT2D eigenvalue weighted by Gasteiger charge is -2.24. The predicted molar refractivity (Wildman–Crippen MR) is 122 cm³/mol. The van der Waals surface area contributed by atoms with Crippen molar-refractivity contribution in [2.24, 2.45) is 0 Å². The van der Waals surface area contributed by atoms with Crippen molar-refractivity contribution >= 4 is 38.3 Å². The Kier molecular flexibility index (Phi) is 6.86. The molecule has 0 bridgehead atoms. The summed E-state index contributed by atoms with van der Waals surface area (Å²) in [5.74, 6) is -0.182. The van der Waals surface area contributed by atoms with Gasteiger partial charge in [0.1, 0.15) is 11.4 Å². The molecule has 0 aliphatic carbocycles. The molecule has 3 rings (SSSR count). The number of methoxy groups -OCH3 is 1. The molecule has 0 spiro atoms. The predicted octanol–water partition coefficient (Wildman–Crippen LogP) is 5.00. The third-order valence-corrected chi connectivity index (χ3v) is 7.47. The van der Waals surface area contributed by atoms with Gasteiger partial charge in [-0.3, -0.25) is 9.35 Å². The average molecular weight is 447 g/mol. The van der Waals surface area contributed by atoms with Crippen molar-refractivity contribution in [3.8, 4) is 0 Å². The number of esters is 1. The van der Waals surface area contributed by atoms with E-state index < -0.39 is 10.1 Å². The van der Waals surface area contributed by atoms with E-state index in [4.69, 9.17) is 4.74 Å². The number of carbonyl (C=O) groups excluding carboxylic acids is 1. The third kappa shape index (κ3) is 4.39. The van der Waals surface area contributed by atoms with Crippen molar-refractivity contribution in [1.82, 2.24) is 0 Å². The Labute approximate surface area is 184 Å². The molecule has 0 aromatic heterocycles. The Morgan fingerprint density at radius 1 is 1.13 bits per heavy atom. The number of benzene rings is 2. The number of nitrogens with zero attached hydrogens (tertiary/aromatic N) is 1. The molecule has 1 atom stereocenters. The summed E-state index contributed by atoms with van der Waals surface area (Å²) in [4.78, 5) is 11.3. The molecule has 0 saturated carbocycles. The van der Waals surface area contributed by atoms with E-state index in [0.29, 0.717) is 11.8 Å². The maximum atomic E-state index is 12.0. The van der Waals surface area contributed by atoms with E-state index in [2.05, 4.69) is 25.3 Å². The van der Waals surface area contributed by atoms with Crippen LogP contribution in [0.2, 0.25) is 0 Å². The second kappa shape index (κ2) is 9.09. The molecule has 0 radical (unpaired) electrons. The number of carbonyl (C=O) groups is 1. The quantitative estimate of drug-likeness (QED) is 0.254. The summed E-state index contributed by atoms with van der Waals surface area (Å²) in [6, 6.07) is 8.87. The first-order valence-electron chi connectivity index (χ1n) is 10.9. The maximum absolute atomic E-state index is 12.0. The van der Waals surface area contributed by atoms with Gasteiger partial charge in [-0.1, -0.05) is 31.9 Å². The highest BCUT2D eigenvalue weighted by molar-refractivity contribution is 7.86. The fraction of sp³-hybridized carbons (Fsp3) is 0.500. The maximum Gasteiger partial charge on any atom is 0.305 e. The van der Waals surface area contributed by atoms with Crippen LogP contribution in [0.1, 0.15) is 64.9 Å². The topological polar surface area (TPSA) is 83.7 Å². The van der Waals surface area contributed by atoms with Crippen LogP contribution in [0.3, 0.4) is 0 Å². The molecule has 1 aliphatic heterocycles. The van der Waals surface area contributed by atoms with Crippen molar-refractivity contribution in [3.63, 3.8) is 0 Å². The largest absolute Gasteiger partial charge is 0.469 e. The highest BCUT2D eigenvalue weighted by Gasteiger charge is 2.47. The molecule has 0 fully saturated rings. The molecule has 2 aromatic rings. The van der Waals surface area contributed by atoms with Gasteiger partial charge in [0, 0.05) is 36.8 Å². The van der Waals surface area contributed by atoms with Crippen LogP contribution in [0.4, 0.5) is 5.69 Å². The van der Waals surface area contributed by atoms with Gasteiger partial charge in [0.05, 0.1) is 12.5 Å². The summed E-state index contributed by atoms with van der Waals surface area (Å²) < 4.78 is 40.7. The molecule has 0 amide bonds. The molecular formula is C24H32NO5S+. The van der Waals surface area contributed by atoms with E-state index in [1.807, 2.05) is 12.1 Å². The van der Waals surface area contributed by atoms with Gasteiger partial charge in [0.15, 0.2) is 5.71 Å². The highest BCUT2D eigenvalue weighted by Crippen LogP contribution is 2.47. The van der Waals surface area contributed by atoms with Gasteiger partial charge < -0.3 is 4.74 Å². The van der Waals surface area contributed by atoms with E-state index in [1.165, 1.54) is 18.9 Å². The normalized spacial score (nSPS) is 18.5. The van der Waals surface area contributed by atoms with E-state index in [1.54, 1.807) is 12.1 Å². The van der Waals surface area contributed by atoms with Gasteiger partial charge in [-0.25, -0.2) is 0 Å². The smallest absolute Gasteiger partial charge is 0.305 e. The van der Waals surface area contributed by atoms with Gasteiger partial charge in [-0.05, 0) is 37.3 Å². The standard InChI is InChI=1S/C24H31NO5S/c1-5-16-25-17(2)24(3,15-8-6-7-12-22(26)30-4)23-19-10-9-11-21(31(27,28)29)18(19)13-14-20(23)25/h9-11,13-14H,5-8,12,15-16H2,1-4H3/p+1. The lowest BCUT2D eigenvalue weighted by atomic mass is 9.74. The number of rotatable bonds is 9. The zero-order chi connectivity index (χ0) is 22.8. The molecule has 1 unspecified atom stereocenters. The highest BCUT2D eigenvalue weighted by atomic mass is 32.2. The lowest BCUT2D eigenvalue weighted by molar-refractivity contribution is -0.439. The Hall–Kier alpha value is -2.25. The Balaban J connectivity index is 2.05. The first-order valence-corrected chi connectivity index (χ1v) is 12.3. The number of hydrogen-bond acceptors (Lipinski definition) is 4. The monoisotopic (exact) mass is 446 g/mol. The van der Waals surface area contributed by atoms with Crippen LogP contribution in [0.15, 0.2) is 35.2 Å². The Morgan fingerprint density at radius 3 is 2.52 bits per heavy atom. The van der Waals surface area contributed by atoms with Crippen LogP contribution in [0, 0.1) is 0 Å². The van der Waals surface area contributed by atoms with Crippen molar-refractivity contribution < 1.29 is 27.1 Å². The van der Waals surface area contributed by atoms with Gasteiger partial charge in [0.2, 0.25) is 5.69 Å². The second-order valence-electron chi connectivity index (χ2n) is 8.49. The minimum absolute atomic E-state index is 0.0557. The summed E-state index contributed by atoms with van der Waals surface area (Å²) in [6.07, 6.45) is 4.96. The summed E-state index contributed by atoms with van der Waals surface area (Å²) in [7, 11) is -2.91. The molecule has 1 heterocycles. The fourth-order valence-electron chi connectivity index (χ4n) is 4.85. The van der Waals surface area contributed by atoms with Gasteiger partial charge in [-0.2, -0.15) is 13.0 Å². The van der Waals surface area contributed by atoms with E-state index in [0.717, 1.165) is 55.3 Å². The zero-order valence-corrected chi connectivity index (χ0v) is 19.6. The first-order chi connectivity index (χ1) is 14.6. The molecule has 1 aliphatic rings. The summed E-state index contributed by atoms with van der Waals surface area (Å²) in [5.41, 5.74) is 3.22. The van der Waals surface area contributed by atoms with Gasteiger partial charge in [0.25, 0.3) is 10.1 Å². The Morgan fingerprint density at radius 2 is 1.87 bits per heavy atom. The molecule has 168 valence electrons. The average Bonchev–Trinajstić information content (AvgIpc) is 2.94. The number of unbranched alkanes of at least 4 members (excludes halogenated alkanes) is 2. The van der Waals surface area contributed by atoms with E-state index in [-0.39, 0.29) is 16.3 Å². The number of hydrogen-bond donors (Lipinski definition) is 1. The molecule has 31 heavy (non-hydrogen) atoms. The van der Waals surface area contributed by atoms with E-state index in [9.17, 15) is 17.8 Å². The first kappa shape index (κ1) is 23.4.